The monoisotopic (exact) mass is 302 g/mol. The number of nitrogens with zero attached hydrogens (tertiary/aromatic N) is 1. The molecule has 1 saturated carbocycles. The zero-order valence-corrected chi connectivity index (χ0v) is 13.8. The Hall–Kier alpha value is -0.130. The highest BCUT2D eigenvalue weighted by Crippen LogP contribution is 2.37. The fraction of sp³-hybridized carbons (Fsp3) is 1.00. The van der Waals surface area contributed by atoms with Crippen molar-refractivity contribution in [2.24, 2.45) is 5.41 Å². The van der Waals surface area contributed by atoms with Crippen molar-refractivity contribution in [2.45, 2.75) is 51.5 Å². The summed E-state index contributed by atoms with van der Waals surface area (Å²) >= 11 is 0. The molecule has 1 aliphatic carbocycles. The third-order valence-electron chi connectivity index (χ3n) is 5.08. The van der Waals surface area contributed by atoms with Gasteiger partial charge in [-0.3, -0.25) is 0 Å². The van der Waals surface area contributed by atoms with Crippen molar-refractivity contribution in [3.05, 3.63) is 0 Å². The number of hydrogen-bond acceptors (Lipinski definition) is 4. The van der Waals surface area contributed by atoms with Crippen LogP contribution in [0.15, 0.2) is 0 Å². The van der Waals surface area contributed by atoms with Gasteiger partial charge in [0.1, 0.15) is 0 Å². The first-order chi connectivity index (χ1) is 9.46. The number of sulfone groups is 1. The van der Waals surface area contributed by atoms with Gasteiger partial charge in [0, 0.05) is 19.1 Å². The van der Waals surface area contributed by atoms with Crippen LogP contribution in [0.4, 0.5) is 0 Å². The van der Waals surface area contributed by atoms with Gasteiger partial charge in [-0.2, -0.15) is 0 Å². The molecule has 1 atom stereocenters. The molecule has 1 aliphatic heterocycles. The Morgan fingerprint density at radius 1 is 1.25 bits per heavy atom. The first-order valence-electron chi connectivity index (χ1n) is 8.08. The van der Waals surface area contributed by atoms with Crippen LogP contribution in [0.25, 0.3) is 0 Å². The zero-order chi connectivity index (χ0) is 14.6. The van der Waals surface area contributed by atoms with Gasteiger partial charge in [0.15, 0.2) is 9.84 Å². The summed E-state index contributed by atoms with van der Waals surface area (Å²) in [7, 11) is -0.656. The molecule has 20 heavy (non-hydrogen) atoms. The summed E-state index contributed by atoms with van der Waals surface area (Å²) in [5.74, 6) is 0.739. The highest BCUT2D eigenvalue weighted by atomic mass is 32.2. The Bertz CT molecular complexity index is 402. The summed E-state index contributed by atoms with van der Waals surface area (Å²) in [6.07, 6.45) is 7.38. The normalized spacial score (nSPS) is 28.9. The molecule has 1 saturated heterocycles. The second-order valence-corrected chi connectivity index (χ2v) is 9.04. The van der Waals surface area contributed by atoms with Crippen LogP contribution in [0, 0.1) is 5.41 Å². The molecule has 4 nitrogen and oxygen atoms in total. The van der Waals surface area contributed by atoms with E-state index < -0.39 is 9.84 Å². The molecule has 2 fully saturated rings. The second kappa shape index (κ2) is 6.75. The minimum Gasteiger partial charge on any atom is -0.316 e. The zero-order valence-electron chi connectivity index (χ0n) is 13.0. The van der Waals surface area contributed by atoms with Crippen LogP contribution in [-0.2, 0) is 9.84 Å². The Balaban J connectivity index is 1.96. The lowest BCUT2D eigenvalue weighted by atomic mass is 9.73. The summed E-state index contributed by atoms with van der Waals surface area (Å²) in [6.45, 7) is 5.29. The Morgan fingerprint density at radius 3 is 2.50 bits per heavy atom. The Kier molecular flexibility index (Phi) is 5.49. The summed E-state index contributed by atoms with van der Waals surface area (Å²) in [4.78, 5) is 2.33. The standard InChI is InChI=1S/C15H30N2O2S/c1-3-16-12-15(8-5-4-6-9-15)13-17(2)14-7-10-20(18,19)11-14/h14,16H,3-13H2,1-2H3. The van der Waals surface area contributed by atoms with E-state index in [4.69, 9.17) is 0 Å². The average Bonchev–Trinajstić information content (AvgIpc) is 2.78. The number of hydrogen-bond donors (Lipinski definition) is 1. The smallest absolute Gasteiger partial charge is 0.151 e. The lowest BCUT2D eigenvalue weighted by molar-refractivity contribution is 0.0991. The number of nitrogens with one attached hydrogen (secondary N) is 1. The first-order valence-corrected chi connectivity index (χ1v) is 9.90. The Labute approximate surface area is 124 Å². The Morgan fingerprint density at radius 2 is 1.95 bits per heavy atom. The largest absolute Gasteiger partial charge is 0.316 e. The molecule has 118 valence electrons. The van der Waals surface area contributed by atoms with Gasteiger partial charge in [-0.1, -0.05) is 26.2 Å². The van der Waals surface area contributed by atoms with Gasteiger partial charge in [-0.05, 0) is 38.3 Å². The first kappa shape index (κ1) is 16.2. The molecule has 0 amide bonds. The van der Waals surface area contributed by atoms with Crippen LogP contribution >= 0.6 is 0 Å². The van der Waals surface area contributed by atoms with E-state index in [0.29, 0.717) is 16.9 Å². The minimum atomic E-state index is -2.78. The predicted octanol–water partition coefficient (Wildman–Crippen LogP) is 1.67. The summed E-state index contributed by atoms with van der Waals surface area (Å²) in [5.41, 5.74) is 0.357. The molecule has 1 N–H and O–H groups in total. The number of rotatable bonds is 6. The average molecular weight is 302 g/mol. The van der Waals surface area contributed by atoms with Crippen molar-refractivity contribution in [2.75, 3.05) is 38.2 Å². The van der Waals surface area contributed by atoms with Gasteiger partial charge in [0.05, 0.1) is 11.5 Å². The highest BCUT2D eigenvalue weighted by molar-refractivity contribution is 7.91. The van der Waals surface area contributed by atoms with E-state index in [-0.39, 0.29) is 6.04 Å². The molecule has 2 rings (SSSR count). The minimum absolute atomic E-state index is 0.237. The SMILES string of the molecule is CCNCC1(CN(C)C2CCS(=O)(=O)C2)CCCCC1. The second-order valence-electron chi connectivity index (χ2n) is 6.81. The van der Waals surface area contributed by atoms with Crippen molar-refractivity contribution < 1.29 is 8.42 Å². The molecule has 0 aromatic carbocycles. The fourth-order valence-corrected chi connectivity index (χ4v) is 5.67. The van der Waals surface area contributed by atoms with Crippen molar-refractivity contribution in [1.29, 1.82) is 0 Å². The molecular formula is C15H30N2O2S. The van der Waals surface area contributed by atoms with Crippen LogP contribution in [0.1, 0.15) is 45.4 Å². The van der Waals surface area contributed by atoms with Crippen LogP contribution in [-0.4, -0.2) is 57.5 Å². The van der Waals surface area contributed by atoms with Gasteiger partial charge in [0.25, 0.3) is 0 Å². The van der Waals surface area contributed by atoms with Gasteiger partial charge >= 0.3 is 0 Å². The van der Waals surface area contributed by atoms with E-state index in [1.807, 2.05) is 0 Å². The van der Waals surface area contributed by atoms with Gasteiger partial charge < -0.3 is 10.2 Å². The van der Waals surface area contributed by atoms with Crippen molar-refractivity contribution >= 4 is 9.84 Å². The van der Waals surface area contributed by atoms with E-state index >= 15 is 0 Å². The predicted molar refractivity (Wildman–Crippen MR) is 83.8 cm³/mol. The molecule has 1 unspecified atom stereocenters. The van der Waals surface area contributed by atoms with Crippen molar-refractivity contribution in [3.8, 4) is 0 Å². The molecule has 0 spiro atoms. The summed E-state index contributed by atoms with van der Waals surface area (Å²) in [5, 5.41) is 3.53. The maximum Gasteiger partial charge on any atom is 0.151 e. The van der Waals surface area contributed by atoms with Crippen molar-refractivity contribution in [1.82, 2.24) is 10.2 Å². The van der Waals surface area contributed by atoms with Crippen LogP contribution in [0.2, 0.25) is 0 Å². The van der Waals surface area contributed by atoms with Gasteiger partial charge in [0.2, 0.25) is 0 Å². The third-order valence-corrected chi connectivity index (χ3v) is 6.83. The molecule has 5 heteroatoms. The van der Waals surface area contributed by atoms with Crippen molar-refractivity contribution in [3.63, 3.8) is 0 Å². The van der Waals surface area contributed by atoms with E-state index in [9.17, 15) is 8.42 Å². The topological polar surface area (TPSA) is 49.4 Å². The summed E-state index contributed by atoms with van der Waals surface area (Å²) < 4.78 is 23.3. The molecule has 2 aliphatic rings. The third kappa shape index (κ3) is 4.18. The molecule has 1 heterocycles. The quantitative estimate of drug-likeness (QED) is 0.811. The summed E-state index contributed by atoms with van der Waals surface area (Å²) in [6, 6.07) is 0.237. The maximum atomic E-state index is 11.7. The molecule has 0 radical (unpaired) electrons. The van der Waals surface area contributed by atoms with Gasteiger partial charge in [-0.25, -0.2) is 8.42 Å². The maximum absolute atomic E-state index is 11.7. The van der Waals surface area contributed by atoms with Crippen LogP contribution < -0.4 is 5.32 Å². The highest BCUT2D eigenvalue weighted by Gasteiger charge is 2.37. The fourth-order valence-electron chi connectivity index (χ4n) is 3.86. The van der Waals surface area contributed by atoms with Crippen LogP contribution in [0.3, 0.4) is 0 Å². The van der Waals surface area contributed by atoms with E-state index in [0.717, 1.165) is 26.1 Å². The molecule has 0 aromatic rings. The molecule has 0 bridgehead atoms. The van der Waals surface area contributed by atoms with Gasteiger partial charge in [-0.15, -0.1) is 0 Å². The van der Waals surface area contributed by atoms with Crippen LogP contribution in [0.5, 0.6) is 0 Å². The molecular weight excluding hydrogens is 272 g/mol. The lowest BCUT2D eigenvalue weighted by Gasteiger charge is -2.42. The van der Waals surface area contributed by atoms with E-state index in [1.165, 1.54) is 32.1 Å². The van der Waals surface area contributed by atoms with E-state index in [1.54, 1.807) is 0 Å². The molecule has 0 aromatic heterocycles. The van der Waals surface area contributed by atoms with E-state index in [2.05, 4.69) is 24.2 Å². The lowest BCUT2D eigenvalue weighted by Crippen LogP contribution is -2.47.